The van der Waals surface area contributed by atoms with Crippen LogP contribution in [0.2, 0.25) is 5.02 Å². The zero-order valence-electron chi connectivity index (χ0n) is 12.1. The fourth-order valence-electron chi connectivity index (χ4n) is 2.66. The normalized spacial score (nSPS) is 19.2. The summed E-state index contributed by atoms with van der Waals surface area (Å²) in [6, 6.07) is 5.07. The van der Waals surface area contributed by atoms with Crippen LogP contribution in [-0.2, 0) is 0 Å². The molecule has 0 bridgehead atoms. The lowest BCUT2D eigenvalue weighted by molar-refractivity contribution is 0.0117. The number of nitrogens with zero attached hydrogens (tertiary/aromatic N) is 1. The van der Waals surface area contributed by atoms with Crippen LogP contribution in [0.5, 0.6) is 0 Å². The Balaban J connectivity index is 2.14. The van der Waals surface area contributed by atoms with Crippen LogP contribution in [-0.4, -0.2) is 34.2 Å². The molecule has 1 heterocycles. The van der Waals surface area contributed by atoms with E-state index in [2.05, 4.69) is 5.32 Å². The van der Waals surface area contributed by atoms with E-state index in [4.69, 9.17) is 11.6 Å². The Kier molecular flexibility index (Phi) is 4.25. The maximum atomic E-state index is 12.4. The third-order valence-electron chi connectivity index (χ3n) is 3.77. The number of aliphatic hydroxyl groups is 1. The molecule has 4 nitrogen and oxygen atoms in total. The van der Waals surface area contributed by atoms with Gasteiger partial charge in [0, 0.05) is 17.3 Å². The van der Waals surface area contributed by atoms with Crippen molar-refractivity contribution >= 4 is 23.3 Å². The van der Waals surface area contributed by atoms with Crippen LogP contribution in [0.1, 0.15) is 32.3 Å². The molecule has 2 N–H and O–H groups in total. The first-order chi connectivity index (χ1) is 9.29. The minimum atomic E-state index is -0.892. The third-order valence-corrected chi connectivity index (χ3v) is 4.01. The average Bonchev–Trinajstić information content (AvgIpc) is 2.82. The molecule has 20 heavy (non-hydrogen) atoms. The second-order valence-electron chi connectivity index (χ2n) is 5.89. The summed E-state index contributed by atoms with van der Waals surface area (Å²) < 4.78 is 0. The highest BCUT2D eigenvalue weighted by atomic mass is 35.5. The largest absolute Gasteiger partial charge is 0.388 e. The van der Waals surface area contributed by atoms with Gasteiger partial charge in [0.15, 0.2) is 0 Å². The second-order valence-corrected chi connectivity index (χ2v) is 6.33. The summed E-state index contributed by atoms with van der Waals surface area (Å²) in [5, 5.41) is 13.6. The van der Waals surface area contributed by atoms with Crippen LogP contribution in [0.4, 0.5) is 10.5 Å². The van der Waals surface area contributed by atoms with Crippen molar-refractivity contribution in [2.24, 2.45) is 0 Å². The zero-order valence-corrected chi connectivity index (χ0v) is 12.9. The quantitative estimate of drug-likeness (QED) is 0.878. The van der Waals surface area contributed by atoms with E-state index < -0.39 is 5.60 Å². The fourth-order valence-corrected chi connectivity index (χ4v) is 2.83. The summed E-state index contributed by atoms with van der Waals surface area (Å²) in [7, 11) is 0. The molecule has 1 aliphatic rings. The highest BCUT2D eigenvalue weighted by molar-refractivity contribution is 6.31. The summed E-state index contributed by atoms with van der Waals surface area (Å²) in [6.07, 6.45) is 1.74. The zero-order chi connectivity index (χ0) is 14.9. The van der Waals surface area contributed by atoms with Crippen LogP contribution in [0.25, 0.3) is 0 Å². The van der Waals surface area contributed by atoms with E-state index in [0.717, 1.165) is 18.4 Å². The van der Waals surface area contributed by atoms with Gasteiger partial charge in [0.2, 0.25) is 0 Å². The summed E-state index contributed by atoms with van der Waals surface area (Å²) >= 11 is 5.96. The Labute approximate surface area is 124 Å². The first-order valence-corrected chi connectivity index (χ1v) is 7.23. The lowest BCUT2D eigenvalue weighted by Gasteiger charge is -2.33. The van der Waals surface area contributed by atoms with E-state index in [9.17, 15) is 9.90 Å². The molecule has 1 fully saturated rings. The molecule has 2 rings (SSSR count). The van der Waals surface area contributed by atoms with Gasteiger partial charge in [0.25, 0.3) is 0 Å². The van der Waals surface area contributed by atoms with E-state index >= 15 is 0 Å². The molecular formula is C15H21ClN2O2. The maximum Gasteiger partial charge on any atom is 0.322 e. The van der Waals surface area contributed by atoms with Gasteiger partial charge in [-0.1, -0.05) is 17.7 Å². The predicted octanol–water partition coefficient (Wildman–Crippen LogP) is 3.42. The molecule has 1 aromatic rings. The number of hydrogen-bond acceptors (Lipinski definition) is 2. The van der Waals surface area contributed by atoms with Gasteiger partial charge in [-0.2, -0.15) is 0 Å². The van der Waals surface area contributed by atoms with Crippen molar-refractivity contribution in [3.05, 3.63) is 28.8 Å². The predicted molar refractivity (Wildman–Crippen MR) is 81.2 cm³/mol. The SMILES string of the molecule is Cc1ccc(Cl)cc1NC(=O)N1CCCC1C(C)(C)O. The molecular weight excluding hydrogens is 276 g/mol. The molecule has 0 aromatic heterocycles. The Morgan fingerprint density at radius 3 is 2.85 bits per heavy atom. The van der Waals surface area contributed by atoms with Gasteiger partial charge >= 0.3 is 6.03 Å². The molecule has 0 aliphatic carbocycles. The summed E-state index contributed by atoms with van der Waals surface area (Å²) in [5.41, 5.74) is 0.780. The van der Waals surface area contributed by atoms with Crippen LogP contribution >= 0.6 is 11.6 Å². The molecule has 1 aromatic carbocycles. The van der Waals surface area contributed by atoms with Crippen molar-refractivity contribution in [3.63, 3.8) is 0 Å². The molecule has 1 atom stereocenters. The van der Waals surface area contributed by atoms with Crippen molar-refractivity contribution in [1.82, 2.24) is 4.90 Å². The minimum absolute atomic E-state index is 0.151. The van der Waals surface area contributed by atoms with E-state index in [1.807, 2.05) is 13.0 Å². The van der Waals surface area contributed by atoms with Crippen molar-refractivity contribution in [3.8, 4) is 0 Å². The Morgan fingerprint density at radius 1 is 1.50 bits per heavy atom. The van der Waals surface area contributed by atoms with Crippen molar-refractivity contribution in [2.45, 2.75) is 45.3 Å². The molecule has 0 saturated carbocycles. The molecule has 1 aliphatic heterocycles. The number of aryl methyl sites for hydroxylation is 1. The van der Waals surface area contributed by atoms with Crippen LogP contribution in [0.3, 0.4) is 0 Å². The molecule has 110 valence electrons. The molecule has 1 saturated heterocycles. The van der Waals surface area contributed by atoms with Gasteiger partial charge in [0.1, 0.15) is 0 Å². The van der Waals surface area contributed by atoms with Gasteiger partial charge in [0.05, 0.1) is 11.6 Å². The standard InChI is InChI=1S/C15H21ClN2O2/c1-10-6-7-11(16)9-12(10)17-14(19)18-8-4-5-13(18)15(2,3)20/h6-7,9,13,20H,4-5,8H2,1-3H3,(H,17,19). The molecule has 0 spiro atoms. The van der Waals surface area contributed by atoms with Crippen LogP contribution < -0.4 is 5.32 Å². The smallest absolute Gasteiger partial charge is 0.322 e. The monoisotopic (exact) mass is 296 g/mol. The Bertz CT molecular complexity index is 511. The number of carbonyl (C=O) groups is 1. The highest BCUT2D eigenvalue weighted by Crippen LogP contribution is 2.28. The first-order valence-electron chi connectivity index (χ1n) is 6.85. The minimum Gasteiger partial charge on any atom is -0.388 e. The van der Waals surface area contributed by atoms with E-state index in [-0.39, 0.29) is 12.1 Å². The van der Waals surface area contributed by atoms with E-state index in [1.165, 1.54) is 0 Å². The van der Waals surface area contributed by atoms with Gasteiger partial charge < -0.3 is 15.3 Å². The van der Waals surface area contributed by atoms with Crippen molar-refractivity contribution in [2.75, 3.05) is 11.9 Å². The van der Waals surface area contributed by atoms with E-state index in [1.54, 1.807) is 30.9 Å². The number of nitrogens with one attached hydrogen (secondary N) is 1. The lowest BCUT2D eigenvalue weighted by atomic mass is 9.97. The Morgan fingerprint density at radius 2 is 2.20 bits per heavy atom. The van der Waals surface area contributed by atoms with Gasteiger partial charge in [-0.05, 0) is 51.3 Å². The highest BCUT2D eigenvalue weighted by Gasteiger charge is 2.38. The fraction of sp³-hybridized carbons (Fsp3) is 0.533. The van der Waals surface area contributed by atoms with Crippen molar-refractivity contribution in [1.29, 1.82) is 0 Å². The summed E-state index contributed by atoms with van der Waals surface area (Å²) in [5.74, 6) is 0. The number of amides is 2. The number of halogens is 1. The number of carbonyl (C=O) groups excluding carboxylic acids is 1. The number of benzene rings is 1. The van der Waals surface area contributed by atoms with Gasteiger partial charge in [-0.25, -0.2) is 4.79 Å². The Hall–Kier alpha value is -1.26. The maximum absolute atomic E-state index is 12.4. The number of rotatable bonds is 2. The number of anilines is 1. The first kappa shape index (κ1) is 15.1. The van der Waals surface area contributed by atoms with Gasteiger partial charge in [-0.15, -0.1) is 0 Å². The molecule has 0 radical (unpaired) electrons. The van der Waals surface area contributed by atoms with Gasteiger partial charge in [-0.3, -0.25) is 0 Å². The summed E-state index contributed by atoms with van der Waals surface area (Å²) in [4.78, 5) is 14.1. The molecule has 2 amide bonds. The lowest BCUT2D eigenvalue weighted by Crippen LogP contribution is -2.49. The van der Waals surface area contributed by atoms with Crippen molar-refractivity contribution < 1.29 is 9.90 Å². The van der Waals surface area contributed by atoms with Crippen LogP contribution in [0.15, 0.2) is 18.2 Å². The van der Waals surface area contributed by atoms with Crippen LogP contribution in [0, 0.1) is 6.92 Å². The molecule has 5 heteroatoms. The number of likely N-dealkylation sites (tertiary alicyclic amines) is 1. The van der Waals surface area contributed by atoms with E-state index in [0.29, 0.717) is 17.3 Å². The average molecular weight is 297 g/mol. The topological polar surface area (TPSA) is 52.6 Å². The second kappa shape index (κ2) is 5.62. The summed E-state index contributed by atoms with van der Waals surface area (Å²) in [6.45, 7) is 6.07. The number of hydrogen-bond donors (Lipinski definition) is 2. The third kappa shape index (κ3) is 3.25. The number of urea groups is 1. The molecule has 1 unspecified atom stereocenters.